The Kier molecular flexibility index (Phi) is 4.12. The van der Waals surface area contributed by atoms with Gasteiger partial charge in [0.1, 0.15) is 5.82 Å². The number of hydrogen-bond donors (Lipinski definition) is 2. The molecule has 0 aliphatic heterocycles. The van der Waals surface area contributed by atoms with Crippen LogP contribution in [0.2, 0.25) is 0 Å². The van der Waals surface area contributed by atoms with E-state index in [1.165, 1.54) is 18.4 Å². The third kappa shape index (κ3) is 3.38. The zero-order chi connectivity index (χ0) is 14.8. The lowest BCUT2D eigenvalue weighted by Gasteiger charge is -2.15. The highest BCUT2D eigenvalue weighted by Gasteiger charge is 2.33. The summed E-state index contributed by atoms with van der Waals surface area (Å²) in [6, 6.07) is 2.68. The Hall–Kier alpha value is -1.83. The van der Waals surface area contributed by atoms with E-state index in [9.17, 15) is 13.2 Å². The summed E-state index contributed by atoms with van der Waals surface area (Å²) in [4.78, 5) is 7.39. The minimum Gasteiger partial charge on any atom is -0.363 e. The molecule has 0 fully saturated rings. The molecule has 0 aromatic carbocycles. The number of halogens is 3. The molecule has 2 aromatic heterocycles. The van der Waals surface area contributed by atoms with Crippen LogP contribution in [0, 0.1) is 0 Å². The van der Waals surface area contributed by atoms with Crippen LogP contribution in [0.4, 0.5) is 24.9 Å². The standard InChI is InChI=1S/C12H13F3N4S/c1-7(8-3-4-20-6-8)17-10-5-9(12(13,14)15)18-11(16-2)19-10/h3-7H,1-2H3,(H2,16,17,18,19). The zero-order valence-corrected chi connectivity index (χ0v) is 11.6. The molecule has 0 spiro atoms. The molecule has 2 N–H and O–H groups in total. The zero-order valence-electron chi connectivity index (χ0n) is 10.8. The Morgan fingerprint density at radius 3 is 2.60 bits per heavy atom. The molecule has 0 radical (unpaired) electrons. The smallest absolute Gasteiger partial charge is 0.363 e. The molecule has 0 amide bonds. The molecule has 4 nitrogen and oxygen atoms in total. The molecule has 1 unspecified atom stereocenters. The summed E-state index contributed by atoms with van der Waals surface area (Å²) >= 11 is 1.53. The molecule has 0 aliphatic carbocycles. The second-order valence-electron chi connectivity index (χ2n) is 4.13. The first-order valence-electron chi connectivity index (χ1n) is 5.83. The van der Waals surface area contributed by atoms with Gasteiger partial charge in [0, 0.05) is 13.1 Å². The van der Waals surface area contributed by atoms with Crippen molar-refractivity contribution in [1.29, 1.82) is 0 Å². The lowest BCUT2D eigenvalue weighted by Crippen LogP contribution is -2.14. The average molecular weight is 302 g/mol. The van der Waals surface area contributed by atoms with Crippen LogP contribution in [0.15, 0.2) is 22.9 Å². The summed E-state index contributed by atoms with van der Waals surface area (Å²) in [5, 5.41) is 9.32. The van der Waals surface area contributed by atoms with Gasteiger partial charge in [-0.25, -0.2) is 4.98 Å². The second-order valence-corrected chi connectivity index (χ2v) is 4.91. The summed E-state index contributed by atoms with van der Waals surface area (Å²) < 4.78 is 38.3. The van der Waals surface area contributed by atoms with Crippen LogP contribution in [0.5, 0.6) is 0 Å². The normalized spacial score (nSPS) is 13.1. The molecule has 0 saturated carbocycles. The van der Waals surface area contributed by atoms with E-state index in [1.807, 2.05) is 23.8 Å². The Bertz CT molecular complexity index is 569. The van der Waals surface area contributed by atoms with Gasteiger partial charge in [0.15, 0.2) is 5.69 Å². The van der Waals surface area contributed by atoms with Gasteiger partial charge in [-0.15, -0.1) is 0 Å². The van der Waals surface area contributed by atoms with Crippen LogP contribution in [0.1, 0.15) is 24.2 Å². The van der Waals surface area contributed by atoms with Crippen molar-refractivity contribution in [2.45, 2.75) is 19.1 Å². The first-order valence-corrected chi connectivity index (χ1v) is 6.77. The average Bonchev–Trinajstić information content (AvgIpc) is 2.91. The van der Waals surface area contributed by atoms with Crippen molar-refractivity contribution in [2.24, 2.45) is 0 Å². The Morgan fingerprint density at radius 1 is 1.30 bits per heavy atom. The van der Waals surface area contributed by atoms with Crippen LogP contribution in [-0.2, 0) is 6.18 Å². The SMILES string of the molecule is CNc1nc(NC(C)c2ccsc2)cc(C(F)(F)F)n1. The van der Waals surface area contributed by atoms with E-state index in [1.54, 1.807) is 0 Å². The number of anilines is 2. The molecule has 20 heavy (non-hydrogen) atoms. The molecule has 2 aromatic rings. The summed E-state index contributed by atoms with van der Waals surface area (Å²) in [6.07, 6.45) is -4.50. The second kappa shape index (κ2) is 5.66. The highest BCUT2D eigenvalue weighted by atomic mass is 32.1. The van der Waals surface area contributed by atoms with E-state index in [0.29, 0.717) is 0 Å². The van der Waals surface area contributed by atoms with Crippen LogP contribution in [0.3, 0.4) is 0 Å². The fourth-order valence-electron chi connectivity index (χ4n) is 1.60. The fourth-order valence-corrected chi connectivity index (χ4v) is 2.36. The number of aromatic nitrogens is 2. The number of nitrogens with zero attached hydrogens (tertiary/aromatic N) is 2. The molecule has 0 saturated heterocycles. The van der Waals surface area contributed by atoms with Crippen molar-refractivity contribution in [3.8, 4) is 0 Å². The Labute approximate surface area is 118 Å². The number of alkyl halides is 3. The van der Waals surface area contributed by atoms with Gasteiger partial charge in [-0.3, -0.25) is 0 Å². The maximum atomic E-state index is 12.8. The van der Waals surface area contributed by atoms with E-state index in [0.717, 1.165) is 11.6 Å². The molecular weight excluding hydrogens is 289 g/mol. The van der Waals surface area contributed by atoms with Crippen molar-refractivity contribution < 1.29 is 13.2 Å². The Morgan fingerprint density at radius 2 is 2.05 bits per heavy atom. The quantitative estimate of drug-likeness (QED) is 0.902. The molecule has 0 aliphatic rings. The van der Waals surface area contributed by atoms with Gasteiger partial charge in [-0.1, -0.05) is 0 Å². The predicted octanol–water partition coefficient (Wildman–Crippen LogP) is 3.77. The van der Waals surface area contributed by atoms with Crippen molar-refractivity contribution in [1.82, 2.24) is 9.97 Å². The van der Waals surface area contributed by atoms with Crippen LogP contribution in [0.25, 0.3) is 0 Å². The highest BCUT2D eigenvalue weighted by molar-refractivity contribution is 7.07. The minimum atomic E-state index is -4.50. The summed E-state index contributed by atoms with van der Waals surface area (Å²) in [6.45, 7) is 1.86. The molecule has 108 valence electrons. The van der Waals surface area contributed by atoms with Crippen LogP contribution < -0.4 is 10.6 Å². The van der Waals surface area contributed by atoms with E-state index < -0.39 is 11.9 Å². The molecule has 2 heterocycles. The predicted molar refractivity (Wildman–Crippen MR) is 72.9 cm³/mol. The lowest BCUT2D eigenvalue weighted by molar-refractivity contribution is -0.141. The van der Waals surface area contributed by atoms with Gasteiger partial charge in [-0.2, -0.15) is 29.5 Å². The van der Waals surface area contributed by atoms with E-state index in [4.69, 9.17) is 0 Å². The van der Waals surface area contributed by atoms with Crippen molar-refractivity contribution in [2.75, 3.05) is 17.7 Å². The van der Waals surface area contributed by atoms with Gasteiger partial charge in [-0.05, 0) is 29.3 Å². The maximum absolute atomic E-state index is 12.8. The van der Waals surface area contributed by atoms with Gasteiger partial charge in [0.2, 0.25) is 5.95 Å². The molecule has 8 heteroatoms. The van der Waals surface area contributed by atoms with E-state index in [2.05, 4.69) is 20.6 Å². The minimum absolute atomic E-state index is 0.0696. The third-order valence-electron chi connectivity index (χ3n) is 2.65. The monoisotopic (exact) mass is 302 g/mol. The lowest BCUT2D eigenvalue weighted by atomic mass is 10.2. The molecular formula is C12H13F3N4S. The Balaban J connectivity index is 2.27. The van der Waals surface area contributed by atoms with Crippen molar-refractivity contribution in [3.05, 3.63) is 34.2 Å². The first-order chi connectivity index (χ1) is 9.40. The van der Waals surface area contributed by atoms with Gasteiger partial charge >= 0.3 is 6.18 Å². The number of thiophene rings is 1. The highest BCUT2D eigenvalue weighted by Crippen LogP contribution is 2.30. The van der Waals surface area contributed by atoms with Gasteiger partial charge in [0.25, 0.3) is 0 Å². The first kappa shape index (κ1) is 14.6. The van der Waals surface area contributed by atoms with Gasteiger partial charge in [0.05, 0.1) is 6.04 Å². The largest absolute Gasteiger partial charge is 0.433 e. The summed E-state index contributed by atoms with van der Waals surface area (Å²) in [5.74, 6) is 0.0650. The molecule has 2 rings (SSSR count). The third-order valence-corrected chi connectivity index (χ3v) is 3.35. The molecule has 0 bridgehead atoms. The molecule has 1 atom stereocenters. The fraction of sp³-hybridized carbons (Fsp3) is 0.333. The summed E-state index contributed by atoms with van der Waals surface area (Å²) in [5.41, 5.74) is 0.0186. The topological polar surface area (TPSA) is 49.8 Å². The van der Waals surface area contributed by atoms with Crippen LogP contribution >= 0.6 is 11.3 Å². The summed E-state index contributed by atoms with van der Waals surface area (Å²) in [7, 11) is 1.47. The van der Waals surface area contributed by atoms with Crippen molar-refractivity contribution >= 4 is 23.1 Å². The van der Waals surface area contributed by atoms with E-state index >= 15 is 0 Å². The maximum Gasteiger partial charge on any atom is 0.433 e. The number of nitrogens with one attached hydrogen (secondary N) is 2. The van der Waals surface area contributed by atoms with Crippen molar-refractivity contribution in [3.63, 3.8) is 0 Å². The van der Waals surface area contributed by atoms with E-state index in [-0.39, 0.29) is 17.8 Å². The van der Waals surface area contributed by atoms with Gasteiger partial charge < -0.3 is 10.6 Å². The number of hydrogen-bond acceptors (Lipinski definition) is 5. The van der Waals surface area contributed by atoms with Crippen LogP contribution in [-0.4, -0.2) is 17.0 Å². The number of rotatable bonds is 4.